The summed E-state index contributed by atoms with van der Waals surface area (Å²) < 4.78 is 1.34. The topological polar surface area (TPSA) is 72.3 Å². The first-order valence-electron chi connectivity index (χ1n) is 6.53. The Labute approximate surface area is 121 Å². The highest BCUT2D eigenvalue weighted by molar-refractivity contribution is 6.22. The second-order valence-corrected chi connectivity index (χ2v) is 4.88. The van der Waals surface area contributed by atoms with Crippen molar-refractivity contribution in [3.8, 4) is 0 Å². The van der Waals surface area contributed by atoms with Crippen LogP contribution in [0.2, 0.25) is 0 Å². The fourth-order valence-electron chi connectivity index (χ4n) is 2.48. The summed E-state index contributed by atoms with van der Waals surface area (Å²) in [5, 5.41) is 0. The number of rotatable bonds is 2. The number of benzene rings is 1. The molecule has 0 N–H and O–H groups in total. The monoisotopic (exact) mass is 283 g/mol. The van der Waals surface area contributed by atoms with E-state index >= 15 is 0 Å². The zero-order valence-electron chi connectivity index (χ0n) is 11.6. The minimum absolute atomic E-state index is 0.338. The average Bonchev–Trinajstić information content (AvgIpc) is 3.01. The molecule has 6 heteroatoms. The number of aromatic nitrogens is 2. The van der Waals surface area contributed by atoms with Crippen molar-refractivity contribution in [1.29, 1.82) is 0 Å². The second-order valence-electron chi connectivity index (χ2n) is 4.88. The zero-order chi connectivity index (χ0) is 15.1. The molecule has 1 aromatic carbocycles. The van der Waals surface area contributed by atoms with Crippen LogP contribution in [0.15, 0.2) is 36.7 Å². The van der Waals surface area contributed by atoms with Crippen LogP contribution in [0.5, 0.6) is 0 Å². The predicted octanol–water partition coefficient (Wildman–Crippen LogP) is 1.52. The molecule has 1 aliphatic heterocycles. The number of amides is 2. The molecule has 1 aromatic heterocycles. The van der Waals surface area contributed by atoms with Gasteiger partial charge in [0.25, 0.3) is 17.7 Å². The van der Waals surface area contributed by atoms with Gasteiger partial charge in [-0.25, -0.2) is 4.98 Å². The van der Waals surface area contributed by atoms with Gasteiger partial charge in [0.1, 0.15) is 11.9 Å². The van der Waals surface area contributed by atoms with Gasteiger partial charge in [-0.2, -0.15) is 0 Å². The lowest BCUT2D eigenvalue weighted by molar-refractivity contribution is 0.0528. The molecular weight excluding hydrogens is 270 g/mol. The van der Waals surface area contributed by atoms with E-state index in [9.17, 15) is 14.4 Å². The van der Waals surface area contributed by atoms with Gasteiger partial charge in [0.2, 0.25) is 0 Å². The van der Waals surface area contributed by atoms with Crippen LogP contribution in [0.1, 0.15) is 38.3 Å². The number of nitrogens with zero attached hydrogens (tertiary/aromatic N) is 3. The van der Waals surface area contributed by atoms with Gasteiger partial charge in [0, 0.05) is 12.4 Å². The molecule has 0 aliphatic carbocycles. The summed E-state index contributed by atoms with van der Waals surface area (Å²) in [6, 6.07) is 5.69. The number of imidazole rings is 1. The average molecular weight is 283 g/mol. The largest absolute Gasteiger partial charge is 0.272 e. The molecule has 1 unspecified atom stereocenters. The van der Waals surface area contributed by atoms with Crippen LogP contribution < -0.4 is 0 Å². The number of hydrogen-bond donors (Lipinski definition) is 0. The van der Waals surface area contributed by atoms with E-state index in [-0.39, 0.29) is 5.91 Å². The maximum atomic E-state index is 12.4. The molecule has 3 rings (SSSR count). The number of hydrogen-bond acceptors (Lipinski definition) is 4. The van der Waals surface area contributed by atoms with Gasteiger partial charge < -0.3 is 0 Å². The maximum absolute atomic E-state index is 12.4. The molecule has 6 nitrogen and oxygen atoms in total. The number of carbonyl (C=O) groups is 3. The van der Waals surface area contributed by atoms with E-state index in [1.807, 2.05) is 0 Å². The molecule has 2 heterocycles. The van der Waals surface area contributed by atoms with Crippen molar-refractivity contribution in [3.05, 3.63) is 53.6 Å². The Bertz CT molecular complexity index is 728. The lowest BCUT2D eigenvalue weighted by Crippen LogP contribution is -2.45. The summed E-state index contributed by atoms with van der Waals surface area (Å²) in [6.45, 7) is 3.23. The molecule has 21 heavy (non-hydrogen) atoms. The van der Waals surface area contributed by atoms with Crippen molar-refractivity contribution in [3.63, 3.8) is 0 Å². The zero-order valence-corrected chi connectivity index (χ0v) is 11.6. The Hall–Kier alpha value is -2.76. The molecule has 2 aromatic rings. The Morgan fingerprint density at radius 1 is 1.14 bits per heavy atom. The summed E-state index contributed by atoms with van der Waals surface area (Å²) in [4.78, 5) is 42.1. The summed E-state index contributed by atoms with van der Waals surface area (Å²) in [6.07, 6.45) is 3.02. The highest BCUT2D eigenvalue weighted by Crippen LogP contribution is 2.25. The van der Waals surface area contributed by atoms with E-state index in [1.165, 1.54) is 17.0 Å². The summed E-state index contributed by atoms with van der Waals surface area (Å²) >= 11 is 0. The summed E-state index contributed by atoms with van der Waals surface area (Å²) in [5.41, 5.74) is 0.675. The summed E-state index contributed by atoms with van der Waals surface area (Å²) in [5.74, 6) is -0.716. The highest BCUT2D eigenvalue weighted by atomic mass is 16.2. The minimum atomic E-state index is -0.884. The van der Waals surface area contributed by atoms with Gasteiger partial charge in [-0.15, -0.1) is 0 Å². The quantitative estimate of drug-likeness (QED) is 0.783. The fraction of sp³-hybridized carbons (Fsp3) is 0.200. The van der Waals surface area contributed by atoms with E-state index in [4.69, 9.17) is 0 Å². The summed E-state index contributed by atoms with van der Waals surface area (Å²) in [7, 11) is 0. The van der Waals surface area contributed by atoms with Gasteiger partial charge in [-0.1, -0.05) is 12.1 Å². The maximum Gasteiger partial charge on any atom is 0.262 e. The van der Waals surface area contributed by atoms with Gasteiger partial charge in [-0.3, -0.25) is 23.9 Å². The molecule has 0 bridgehead atoms. The molecule has 0 spiro atoms. The molecule has 1 atom stereocenters. The third-order valence-electron chi connectivity index (χ3n) is 3.63. The van der Waals surface area contributed by atoms with Crippen molar-refractivity contribution in [2.24, 2.45) is 0 Å². The van der Waals surface area contributed by atoms with Crippen molar-refractivity contribution < 1.29 is 14.4 Å². The highest BCUT2D eigenvalue weighted by Gasteiger charge is 2.41. The number of aryl methyl sites for hydroxylation is 1. The van der Waals surface area contributed by atoms with Crippen LogP contribution in [0.4, 0.5) is 0 Å². The lowest BCUT2D eigenvalue weighted by atomic mass is 10.1. The van der Waals surface area contributed by atoms with Crippen LogP contribution in [-0.4, -0.2) is 38.2 Å². The molecule has 0 radical (unpaired) electrons. The van der Waals surface area contributed by atoms with Crippen LogP contribution >= 0.6 is 0 Å². The van der Waals surface area contributed by atoms with E-state index in [0.717, 1.165) is 4.90 Å². The molecular formula is C15H13N3O3. The lowest BCUT2D eigenvalue weighted by Gasteiger charge is -2.21. The van der Waals surface area contributed by atoms with Crippen LogP contribution in [-0.2, 0) is 0 Å². The third-order valence-corrected chi connectivity index (χ3v) is 3.63. The standard InChI is InChI=1S/C15H13N3O3/c1-9(13(19)17-8-7-16-10(17)2)18-14(20)11-5-3-4-6-12(11)15(18)21/h3-9H,1-2H3. The van der Waals surface area contributed by atoms with Crippen molar-refractivity contribution in [2.75, 3.05) is 0 Å². The number of carbonyl (C=O) groups excluding carboxylic acids is 3. The van der Waals surface area contributed by atoms with E-state index < -0.39 is 17.9 Å². The smallest absolute Gasteiger partial charge is 0.262 e. The van der Waals surface area contributed by atoms with Crippen molar-refractivity contribution >= 4 is 17.7 Å². The van der Waals surface area contributed by atoms with Crippen molar-refractivity contribution in [2.45, 2.75) is 19.9 Å². The van der Waals surface area contributed by atoms with Gasteiger partial charge >= 0.3 is 0 Å². The van der Waals surface area contributed by atoms with E-state index in [2.05, 4.69) is 4.98 Å². The number of imide groups is 1. The molecule has 0 saturated carbocycles. The molecule has 0 fully saturated rings. The first-order chi connectivity index (χ1) is 10.0. The Kier molecular flexibility index (Phi) is 2.94. The first kappa shape index (κ1) is 13.2. The van der Waals surface area contributed by atoms with E-state index in [0.29, 0.717) is 17.0 Å². The SMILES string of the molecule is Cc1nccn1C(=O)C(C)N1C(=O)c2ccccc2C1=O. The predicted molar refractivity (Wildman–Crippen MR) is 74.0 cm³/mol. The minimum Gasteiger partial charge on any atom is -0.272 e. The van der Waals surface area contributed by atoms with Gasteiger partial charge in [0.15, 0.2) is 0 Å². The van der Waals surface area contributed by atoms with Crippen molar-refractivity contribution in [1.82, 2.24) is 14.5 Å². The molecule has 106 valence electrons. The van der Waals surface area contributed by atoms with Gasteiger partial charge in [0.05, 0.1) is 11.1 Å². The first-order valence-corrected chi connectivity index (χ1v) is 6.53. The molecule has 0 saturated heterocycles. The Morgan fingerprint density at radius 3 is 2.19 bits per heavy atom. The molecule has 2 amide bonds. The van der Waals surface area contributed by atoms with E-state index in [1.54, 1.807) is 38.1 Å². The number of fused-ring (bicyclic) bond motifs is 1. The fourth-order valence-corrected chi connectivity index (χ4v) is 2.48. The van der Waals surface area contributed by atoms with Gasteiger partial charge in [-0.05, 0) is 26.0 Å². The normalized spacial score (nSPS) is 15.2. The third kappa shape index (κ3) is 1.87. The second kappa shape index (κ2) is 4.66. The Balaban J connectivity index is 1.96. The van der Waals surface area contributed by atoms with Crippen LogP contribution in [0.3, 0.4) is 0 Å². The Morgan fingerprint density at radius 2 is 1.71 bits per heavy atom. The van der Waals surface area contributed by atoms with Crippen LogP contribution in [0, 0.1) is 6.92 Å². The molecule has 1 aliphatic rings. The van der Waals surface area contributed by atoms with Crippen LogP contribution in [0.25, 0.3) is 0 Å².